The van der Waals surface area contributed by atoms with Crippen LogP contribution in [0.25, 0.3) is 0 Å². The molecule has 2 rings (SSSR count). The van der Waals surface area contributed by atoms with E-state index in [1.165, 1.54) is 6.42 Å². The Morgan fingerprint density at radius 3 is 2.77 bits per heavy atom. The SMILES string of the molecule is O=C(O)c1ncn(C2CCC2)c1I. The molecule has 1 heterocycles. The summed E-state index contributed by atoms with van der Waals surface area (Å²) in [5.41, 5.74) is 0.174. The van der Waals surface area contributed by atoms with Gasteiger partial charge in [-0.05, 0) is 41.9 Å². The van der Waals surface area contributed by atoms with Gasteiger partial charge in [0.1, 0.15) is 3.70 Å². The van der Waals surface area contributed by atoms with Gasteiger partial charge in [-0.25, -0.2) is 9.78 Å². The Kier molecular flexibility index (Phi) is 2.27. The molecule has 4 nitrogen and oxygen atoms in total. The molecule has 0 aromatic carbocycles. The molecule has 0 spiro atoms. The minimum absolute atomic E-state index is 0.174. The molecular weight excluding hydrogens is 283 g/mol. The van der Waals surface area contributed by atoms with Crippen LogP contribution in [0.1, 0.15) is 35.8 Å². The lowest BCUT2D eigenvalue weighted by atomic mass is 9.93. The average molecular weight is 292 g/mol. The van der Waals surface area contributed by atoms with Crippen LogP contribution in [0.15, 0.2) is 6.33 Å². The van der Waals surface area contributed by atoms with E-state index in [4.69, 9.17) is 5.11 Å². The second-order valence-electron chi connectivity index (χ2n) is 3.18. The maximum atomic E-state index is 10.7. The highest BCUT2D eigenvalue weighted by molar-refractivity contribution is 14.1. The van der Waals surface area contributed by atoms with Gasteiger partial charge in [-0.15, -0.1) is 0 Å². The Labute approximate surface area is 89.1 Å². The fourth-order valence-corrected chi connectivity index (χ4v) is 2.30. The van der Waals surface area contributed by atoms with E-state index in [1.807, 2.05) is 27.2 Å². The molecule has 1 fully saturated rings. The van der Waals surface area contributed by atoms with Crippen molar-refractivity contribution in [3.05, 3.63) is 15.7 Å². The first-order chi connectivity index (χ1) is 6.20. The van der Waals surface area contributed by atoms with Crippen LogP contribution in [0.2, 0.25) is 0 Å². The molecule has 1 aromatic heterocycles. The van der Waals surface area contributed by atoms with Gasteiger partial charge in [0.15, 0.2) is 5.69 Å². The second-order valence-corrected chi connectivity index (χ2v) is 4.20. The quantitative estimate of drug-likeness (QED) is 0.847. The zero-order valence-corrected chi connectivity index (χ0v) is 9.06. The number of hydrogen-bond acceptors (Lipinski definition) is 2. The Bertz CT molecular complexity index is 344. The number of carboxylic acids is 1. The van der Waals surface area contributed by atoms with E-state index < -0.39 is 5.97 Å². The third-order valence-electron chi connectivity index (χ3n) is 2.40. The van der Waals surface area contributed by atoms with Crippen LogP contribution in [0.3, 0.4) is 0 Å². The summed E-state index contributed by atoms with van der Waals surface area (Å²) in [6, 6.07) is 0.479. The molecule has 5 heteroatoms. The number of carboxylic acid groups (broad SMARTS) is 1. The molecule has 0 atom stereocenters. The van der Waals surface area contributed by atoms with E-state index in [0.717, 1.165) is 16.5 Å². The van der Waals surface area contributed by atoms with Crippen LogP contribution in [0.5, 0.6) is 0 Å². The molecule has 0 aliphatic heterocycles. The van der Waals surface area contributed by atoms with Gasteiger partial charge in [-0.2, -0.15) is 0 Å². The topological polar surface area (TPSA) is 55.1 Å². The van der Waals surface area contributed by atoms with E-state index in [1.54, 1.807) is 6.33 Å². The minimum Gasteiger partial charge on any atom is -0.476 e. The van der Waals surface area contributed by atoms with Crippen molar-refractivity contribution in [3.63, 3.8) is 0 Å². The summed E-state index contributed by atoms with van der Waals surface area (Å²) in [6.07, 6.45) is 5.16. The Hall–Kier alpha value is -0.590. The first-order valence-electron chi connectivity index (χ1n) is 4.16. The lowest BCUT2D eigenvalue weighted by Gasteiger charge is -2.27. The molecule has 1 saturated carbocycles. The van der Waals surface area contributed by atoms with Crippen molar-refractivity contribution in [1.82, 2.24) is 9.55 Å². The Morgan fingerprint density at radius 2 is 2.38 bits per heavy atom. The van der Waals surface area contributed by atoms with Crippen molar-refractivity contribution < 1.29 is 9.90 Å². The maximum absolute atomic E-state index is 10.7. The smallest absolute Gasteiger partial charge is 0.357 e. The fourth-order valence-electron chi connectivity index (χ4n) is 1.41. The Morgan fingerprint density at radius 1 is 1.69 bits per heavy atom. The molecule has 1 N–H and O–H groups in total. The largest absolute Gasteiger partial charge is 0.476 e. The molecule has 0 unspecified atom stereocenters. The first kappa shape index (κ1) is 8.98. The van der Waals surface area contributed by atoms with Crippen LogP contribution < -0.4 is 0 Å². The van der Waals surface area contributed by atoms with Crippen molar-refractivity contribution in [2.45, 2.75) is 25.3 Å². The zero-order chi connectivity index (χ0) is 9.42. The van der Waals surface area contributed by atoms with Crippen LogP contribution in [0, 0.1) is 3.70 Å². The summed E-state index contributed by atoms with van der Waals surface area (Å²) < 4.78 is 2.71. The van der Waals surface area contributed by atoms with Crippen LogP contribution >= 0.6 is 22.6 Å². The molecule has 1 aliphatic carbocycles. The predicted octanol–water partition coefficient (Wildman–Crippen LogP) is 1.91. The van der Waals surface area contributed by atoms with E-state index in [-0.39, 0.29) is 5.69 Å². The molecular formula is C8H9IN2O2. The van der Waals surface area contributed by atoms with Gasteiger partial charge in [0.25, 0.3) is 0 Å². The van der Waals surface area contributed by atoms with Gasteiger partial charge in [0.2, 0.25) is 0 Å². The predicted molar refractivity (Wildman–Crippen MR) is 54.8 cm³/mol. The van der Waals surface area contributed by atoms with Gasteiger partial charge < -0.3 is 9.67 Å². The maximum Gasteiger partial charge on any atom is 0.357 e. The standard InChI is InChI=1S/C8H9IN2O2/c9-7-6(8(12)13)10-4-11(7)5-2-1-3-5/h4-5H,1-3H2,(H,12,13). The van der Waals surface area contributed by atoms with Gasteiger partial charge in [-0.1, -0.05) is 0 Å². The zero-order valence-electron chi connectivity index (χ0n) is 6.90. The number of halogens is 1. The number of carbonyl (C=O) groups is 1. The molecule has 0 saturated heterocycles. The summed E-state index contributed by atoms with van der Waals surface area (Å²) in [7, 11) is 0. The van der Waals surface area contributed by atoms with Crippen LogP contribution in [-0.2, 0) is 0 Å². The monoisotopic (exact) mass is 292 g/mol. The molecule has 70 valence electrons. The summed E-state index contributed by atoms with van der Waals surface area (Å²) >= 11 is 2.04. The highest BCUT2D eigenvalue weighted by atomic mass is 127. The second kappa shape index (κ2) is 3.28. The molecule has 0 amide bonds. The van der Waals surface area contributed by atoms with Crippen molar-refractivity contribution in [2.24, 2.45) is 0 Å². The third-order valence-corrected chi connectivity index (χ3v) is 3.47. The molecule has 1 aliphatic rings. The molecule has 1 aromatic rings. The minimum atomic E-state index is -0.942. The highest BCUT2D eigenvalue weighted by Crippen LogP contribution is 2.33. The van der Waals surface area contributed by atoms with Crippen LogP contribution in [-0.4, -0.2) is 20.6 Å². The number of rotatable bonds is 2. The molecule has 0 radical (unpaired) electrons. The summed E-state index contributed by atoms with van der Waals surface area (Å²) in [5, 5.41) is 8.77. The average Bonchev–Trinajstić information content (AvgIpc) is 2.29. The lowest BCUT2D eigenvalue weighted by Crippen LogP contribution is -2.17. The summed E-state index contributed by atoms with van der Waals surface area (Å²) in [6.45, 7) is 0. The van der Waals surface area contributed by atoms with Crippen molar-refractivity contribution >= 4 is 28.6 Å². The Balaban J connectivity index is 2.32. The molecule has 0 bridgehead atoms. The van der Waals surface area contributed by atoms with E-state index >= 15 is 0 Å². The fraction of sp³-hybridized carbons (Fsp3) is 0.500. The van der Waals surface area contributed by atoms with Crippen LogP contribution in [0.4, 0.5) is 0 Å². The molecule has 13 heavy (non-hydrogen) atoms. The number of aromatic nitrogens is 2. The third kappa shape index (κ3) is 1.45. The van der Waals surface area contributed by atoms with Crippen molar-refractivity contribution in [2.75, 3.05) is 0 Å². The highest BCUT2D eigenvalue weighted by Gasteiger charge is 2.24. The van der Waals surface area contributed by atoms with Gasteiger partial charge in [0, 0.05) is 6.04 Å². The van der Waals surface area contributed by atoms with E-state index in [2.05, 4.69) is 4.98 Å². The summed E-state index contributed by atoms with van der Waals surface area (Å²) in [4.78, 5) is 14.6. The van der Waals surface area contributed by atoms with Crippen molar-refractivity contribution in [3.8, 4) is 0 Å². The van der Waals surface area contributed by atoms with Crippen molar-refractivity contribution in [1.29, 1.82) is 0 Å². The van der Waals surface area contributed by atoms with Gasteiger partial charge in [0.05, 0.1) is 6.33 Å². The van der Waals surface area contributed by atoms with E-state index in [0.29, 0.717) is 6.04 Å². The number of nitrogens with zero attached hydrogens (tertiary/aromatic N) is 2. The van der Waals surface area contributed by atoms with Gasteiger partial charge >= 0.3 is 5.97 Å². The summed E-state index contributed by atoms with van der Waals surface area (Å²) in [5.74, 6) is -0.942. The first-order valence-corrected chi connectivity index (χ1v) is 5.23. The number of imidazole rings is 1. The van der Waals surface area contributed by atoms with Gasteiger partial charge in [-0.3, -0.25) is 0 Å². The normalized spacial score (nSPS) is 17.0. The lowest BCUT2D eigenvalue weighted by molar-refractivity contribution is 0.0689. The number of aromatic carboxylic acids is 1. The van der Waals surface area contributed by atoms with E-state index in [9.17, 15) is 4.79 Å². The number of hydrogen-bond donors (Lipinski definition) is 1.